The van der Waals surface area contributed by atoms with Crippen molar-refractivity contribution in [2.45, 2.75) is 24.3 Å². The van der Waals surface area contributed by atoms with Crippen LogP contribution in [0.3, 0.4) is 0 Å². The van der Waals surface area contributed by atoms with Crippen LogP contribution in [0.1, 0.15) is 13.8 Å². The van der Waals surface area contributed by atoms with Gasteiger partial charge in [0.15, 0.2) is 11.0 Å². The van der Waals surface area contributed by atoms with E-state index in [0.717, 1.165) is 18.9 Å². The summed E-state index contributed by atoms with van der Waals surface area (Å²) in [6.45, 7) is 6.56. The summed E-state index contributed by atoms with van der Waals surface area (Å²) in [6.07, 6.45) is 0. The first-order valence-electron chi connectivity index (χ1n) is 5.05. The van der Waals surface area contributed by atoms with Gasteiger partial charge >= 0.3 is 0 Å². The van der Waals surface area contributed by atoms with Crippen LogP contribution in [0.5, 0.6) is 0 Å². The van der Waals surface area contributed by atoms with Gasteiger partial charge in [0.05, 0.1) is 0 Å². The average Bonchev–Trinajstić information content (AvgIpc) is 2.17. The summed E-state index contributed by atoms with van der Waals surface area (Å²) in [4.78, 5) is 2.27. The highest BCUT2D eigenvalue weighted by Gasteiger charge is 2.23. The smallest absolute Gasteiger partial charge is 0.151 e. The monoisotopic (exact) mass is 243 g/mol. The van der Waals surface area contributed by atoms with Gasteiger partial charge in [-0.25, -0.2) is 0 Å². The summed E-state index contributed by atoms with van der Waals surface area (Å²) < 4.78 is 0. The minimum absolute atomic E-state index is 0.450. The molecular formula is C10H14ClN3S. The first kappa shape index (κ1) is 11.0. The highest BCUT2D eigenvalue weighted by molar-refractivity contribution is 8.00. The Kier molecular flexibility index (Phi) is 3.36. The van der Waals surface area contributed by atoms with Gasteiger partial charge in [-0.15, -0.1) is 10.2 Å². The Morgan fingerprint density at radius 2 is 1.93 bits per heavy atom. The molecule has 0 spiro atoms. The molecule has 1 aromatic rings. The normalized spacial score (nSPS) is 26.7. The van der Waals surface area contributed by atoms with Crippen molar-refractivity contribution in [1.29, 1.82) is 0 Å². The van der Waals surface area contributed by atoms with Crippen molar-refractivity contribution in [3.63, 3.8) is 0 Å². The molecular weight excluding hydrogens is 230 g/mol. The second kappa shape index (κ2) is 4.58. The molecule has 1 aliphatic heterocycles. The lowest BCUT2D eigenvalue weighted by Gasteiger charge is -2.35. The summed E-state index contributed by atoms with van der Waals surface area (Å²) in [5.41, 5.74) is 0. The molecule has 15 heavy (non-hydrogen) atoms. The van der Waals surface area contributed by atoms with Crippen molar-refractivity contribution in [1.82, 2.24) is 10.2 Å². The second-order valence-corrected chi connectivity index (χ2v) is 6.15. The molecule has 0 radical (unpaired) electrons. The Hall–Kier alpha value is -0.480. The van der Waals surface area contributed by atoms with Gasteiger partial charge in [-0.3, -0.25) is 0 Å². The van der Waals surface area contributed by atoms with Gasteiger partial charge in [0, 0.05) is 23.6 Å². The van der Waals surface area contributed by atoms with E-state index >= 15 is 0 Å². The quantitative estimate of drug-likeness (QED) is 0.758. The van der Waals surface area contributed by atoms with Gasteiger partial charge in [-0.2, -0.15) is 11.8 Å². The Bertz CT molecular complexity index is 320. The number of rotatable bonds is 1. The minimum atomic E-state index is 0.450. The largest absolute Gasteiger partial charge is 0.353 e. The maximum Gasteiger partial charge on any atom is 0.151 e. The highest BCUT2D eigenvalue weighted by atomic mass is 35.5. The molecule has 2 atom stereocenters. The van der Waals surface area contributed by atoms with E-state index in [-0.39, 0.29) is 0 Å². The molecule has 0 saturated carbocycles. The zero-order valence-electron chi connectivity index (χ0n) is 8.85. The Morgan fingerprint density at radius 1 is 1.27 bits per heavy atom. The number of thioether (sulfide) groups is 1. The standard InChI is InChI=1S/C10H14ClN3S/c1-7-5-14(6-8(2)15-7)10-4-3-9(11)12-13-10/h3-4,7-8H,5-6H2,1-2H3. The molecule has 1 aromatic heterocycles. The zero-order chi connectivity index (χ0) is 10.8. The second-order valence-electron chi connectivity index (χ2n) is 3.88. The third-order valence-corrected chi connectivity index (χ3v) is 3.79. The third-order valence-electron chi connectivity index (χ3n) is 2.36. The Morgan fingerprint density at radius 3 is 2.47 bits per heavy atom. The molecule has 0 aliphatic carbocycles. The number of aromatic nitrogens is 2. The van der Waals surface area contributed by atoms with E-state index in [1.165, 1.54) is 0 Å². The lowest BCUT2D eigenvalue weighted by atomic mass is 10.3. The van der Waals surface area contributed by atoms with E-state index in [0.29, 0.717) is 15.7 Å². The Labute approximate surface area is 99.2 Å². The maximum absolute atomic E-state index is 5.71. The molecule has 0 N–H and O–H groups in total. The van der Waals surface area contributed by atoms with E-state index in [9.17, 15) is 0 Å². The predicted octanol–water partition coefficient (Wildman–Crippen LogP) is 2.46. The summed E-state index contributed by atoms with van der Waals surface area (Å²) >= 11 is 7.74. The van der Waals surface area contributed by atoms with Gasteiger partial charge in [0.25, 0.3) is 0 Å². The maximum atomic E-state index is 5.71. The summed E-state index contributed by atoms with van der Waals surface area (Å²) in [6, 6.07) is 3.73. The lowest BCUT2D eigenvalue weighted by Crippen LogP contribution is -2.40. The van der Waals surface area contributed by atoms with E-state index in [4.69, 9.17) is 11.6 Å². The molecule has 0 aromatic carbocycles. The van der Waals surface area contributed by atoms with Crippen molar-refractivity contribution in [3.8, 4) is 0 Å². The molecule has 0 bridgehead atoms. The summed E-state index contributed by atoms with van der Waals surface area (Å²) in [7, 11) is 0. The van der Waals surface area contributed by atoms with Gasteiger partial charge in [0.2, 0.25) is 0 Å². The Balaban J connectivity index is 2.12. The van der Waals surface area contributed by atoms with Gasteiger partial charge in [-0.05, 0) is 12.1 Å². The van der Waals surface area contributed by atoms with Crippen LogP contribution in [0.15, 0.2) is 12.1 Å². The minimum Gasteiger partial charge on any atom is -0.353 e. The summed E-state index contributed by atoms with van der Waals surface area (Å²) in [5.74, 6) is 0.929. The number of hydrogen-bond donors (Lipinski definition) is 0. The van der Waals surface area contributed by atoms with Crippen molar-refractivity contribution in [2.75, 3.05) is 18.0 Å². The highest BCUT2D eigenvalue weighted by Crippen LogP contribution is 2.27. The molecule has 1 aliphatic rings. The van der Waals surface area contributed by atoms with Crippen LogP contribution < -0.4 is 4.90 Å². The number of anilines is 1. The average molecular weight is 244 g/mol. The third kappa shape index (κ3) is 2.75. The zero-order valence-corrected chi connectivity index (χ0v) is 10.4. The lowest BCUT2D eigenvalue weighted by molar-refractivity contribution is 0.711. The first-order valence-corrected chi connectivity index (χ1v) is 6.37. The van der Waals surface area contributed by atoms with E-state index < -0.39 is 0 Å². The molecule has 2 rings (SSSR count). The van der Waals surface area contributed by atoms with E-state index in [1.807, 2.05) is 17.8 Å². The molecule has 1 fully saturated rings. The van der Waals surface area contributed by atoms with Crippen LogP contribution in [0, 0.1) is 0 Å². The van der Waals surface area contributed by atoms with Crippen LogP contribution in [-0.2, 0) is 0 Å². The molecule has 2 unspecified atom stereocenters. The van der Waals surface area contributed by atoms with Gasteiger partial charge in [-0.1, -0.05) is 25.4 Å². The van der Waals surface area contributed by atoms with Crippen LogP contribution in [0.2, 0.25) is 5.15 Å². The molecule has 3 nitrogen and oxygen atoms in total. The van der Waals surface area contributed by atoms with Crippen LogP contribution >= 0.6 is 23.4 Å². The van der Waals surface area contributed by atoms with E-state index in [2.05, 4.69) is 28.9 Å². The number of halogens is 1. The molecule has 82 valence electrons. The first-order chi connectivity index (χ1) is 7.15. The molecule has 0 amide bonds. The van der Waals surface area contributed by atoms with E-state index in [1.54, 1.807) is 6.07 Å². The van der Waals surface area contributed by atoms with Gasteiger partial charge < -0.3 is 4.90 Å². The van der Waals surface area contributed by atoms with Gasteiger partial charge in [0.1, 0.15) is 0 Å². The number of nitrogens with zero attached hydrogens (tertiary/aromatic N) is 3. The van der Waals surface area contributed by atoms with Crippen molar-refractivity contribution < 1.29 is 0 Å². The summed E-state index contributed by atoms with van der Waals surface area (Å²) in [5, 5.41) is 9.72. The van der Waals surface area contributed by atoms with Crippen LogP contribution in [0.25, 0.3) is 0 Å². The SMILES string of the molecule is CC1CN(c2ccc(Cl)nn2)CC(C)S1. The fourth-order valence-electron chi connectivity index (χ4n) is 1.84. The van der Waals surface area contributed by atoms with Crippen LogP contribution in [-0.4, -0.2) is 33.8 Å². The van der Waals surface area contributed by atoms with Crippen molar-refractivity contribution in [2.24, 2.45) is 0 Å². The topological polar surface area (TPSA) is 29.0 Å². The number of hydrogen-bond acceptors (Lipinski definition) is 4. The fraction of sp³-hybridized carbons (Fsp3) is 0.600. The molecule has 5 heteroatoms. The fourth-order valence-corrected chi connectivity index (χ4v) is 3.27. The van der Waals surface area contributed by atoms with Crippen molar-refractivity contribution in [3.05, 3.63) is 17.3 Å². The predicted molar refractivity (Wildman–Crippen MR) is 65.8 cm³/mol. The van der Waals surface area contributed by atoms with Crippen LogP contribution in [0.4, 0.5) is 5.82 Å². The molecule has 1 saturated heterocycles. The van der Waals surface area contributed by atoms with Crippen molar-refractivity contribution >= 4 is 29.2 Å². The molecule has 2 heterocycles.